The Hall–Kier alpha value is -3.23. The number of allylic oxidation sites excluding steroid dienone is 1. The van der Waals surface area contributed by atoms with Crippen LogP contribution >= 0.6 is 0 Å². The zero-order chi connectivity index (χ0) is 21.6. The van der Waals surface area contributed by atoms with Gasteiger partial charge in [0, 0.05) is 18.9 Å². The third-order valence-electron chi connectivity index (χ3n) is 5.17. The number of carbonyl (C=O) groups is 1. The molecule has 31 heavy (non-hydrogen) atoms. The summed E-state index contributed by atoms with van der Waals surface area (Å²) in [5.74, 6) is 1.05. The lowest BCUT2D eigenvalue weighted by Gasteiger charge is -2.29. The maximum atomic E-state index is 12.9. The standard InChI is InChI=1S/C23H26N2O6/c24-17-5-1-2-6-18(17)25-23(27)21-12-16(13-22(31-21)28-10-4-3-9-26)15-7-8-19-20(11-15)30-14-29-19/h1-2,5-8,11-12,16,22,26H,3-4,9-10,13-14,24H2,(H,25,27)/t16-,22+/m1/s1. The number of nitrogens with two attached hydrogens (primary N) is 1. The van der Waals surface area contributed by atoms with Crippen molar-refractivity contribution in [2.24, 2.45) is 0 Å². The number of benzene rings is 2. The highest BCUT2D eigenvalue weighted by Crippen LogP contribution is 2.38. The minimum atomic E-state index is -0.590. The predicted molar refractivity (Wildman–Crippen MR) is 115 cm³/mol. The van der Waals surface area contributed by atoms with Crippen LogP contribution in [0.1, 0.15) is 30.7 Å². The summed E-state index contributed by atoms with van der Waals surface area (Å²) in [6.07, 6.45) is 3.10. The molecule has 4 N–H and O–H groups in total. The van der Waals surface area contributed by atoms with E-state index >= 15 is 0 Å². The first kappa shape index (κ1) is 21.0. The zero-order valence-corrected chi connectivity index (χ0v) is 17.1. The number of amides is 1. The van der Waals surface area contributed by atoms with Gasteiger partial charge in [0.25, 0.3) is 5.91 Å². The van der Waals surface area contributed by atoms with E-state index in [0.717, 1.165) is 5.56 Å². The summed E-state index contributed by atoms with van der Waals surface area (Å²) < 4.78 is 22.6. The first-order chi connectivity index (χ1) is 15.1. The molecule has 2 aromatic rings. The molecule has 0 unspecified atom stereocenters. The van der Waals surface area contributed by atoms with Crippen molar-refractivity contribution < 1.29 is 28.8 Å². The van der Waals surface area contributed by atoms with Crippen molar-refractivity contribution in [3.63, 3.8) is 0 Å². The van der Waals surface area contributed by atoms with Gasteiger partial charge in [0.2, 0.25) is 13.1 Å². The fourth-order valence-electron chi connectivity index (χ4n) is 3.52. The van der Waals surface area contributed by atoms with Gasteiger partial charge in [-0.25, -0.2) is 0 Å². The van der Waals surface area contributed by atoms with Gasteiger partial charge in [0.15, 0.2) is 17.3 Å². The van der Waals surface area contributed by atoms with E-state index in [1.807, 2.05) is 18.2 Å². The molecule has 2 aliphatic rings. The van der Waals surface area contributed by atoms with Crippen molar-refractivity contribution in [1.29, 1.82) is 0 Å². The van der Waals surface area contributed by atoms with E-state index in [1.54, 1.807) is 30.3 Å². The highest BCUT2D eigenvalue weighted by atomic mass is 16.7. The number of rotatable bonds is 8. The minimum absolute atomic E-state index is 0.111. The number of hydrogen-bond donors (Lipinski definition) is 3. The van der Waals surface area contributed by atoms with Crippen LogP contribution in [-0.4, -0.2) is 37.3 Å². The Morgan fingerprint density at radius 2 is 2.00 bits per heavy atom. The van der Waals surface area contributed by atoms with Crippen molar-refractivity contribution in [3.8, 4) is 11.5 Å². The fourth-order valence-corrected chi connectivity index (χ4v) is 3.52. The molecule has 8 heteroatoms. The Kier molecular flexibility index (Phi) is 6.59. The highest BCUT2D eigenvalue weighted by molar-refractivity contribution is 6.04. The van der Waals surface area contributed by atoms with Crippen LogP contribution in [0.4, 0.5) is 11.4 Å². The summed E-state index contributed by atoms with van der Waals surface area (Å²) in [6, 6.07) is 12.8. The number of carbonyl (C=O) groups excluding carboxylic acids is 1. The van der Waals surface area contributed by atoms with Crippen LogP contribution in [0.25, 0.3) is 0 Å². The van der Waals surface area contributed by atoms with Crippen LogP contribution in [0.5, 0.6) is 11.5 Å². The molecule has 0 aliphatic carbocycles. The Labute approximate surface area is 180 Å². The molecule has 0 aromatic heterocycles. The molecule has 8 nitrogen and oxygen atoms in total. The first-order valence-electron chi connectivity index (χ1n) is 10.3. The number of unbranched alkanes of at least 4 members (excludes halogenated alkanes) is 1. The SMILES string of the molecule is Nc1ccccc1NC(=O)C1=C[C@@H](c2ccc3c(c2)OCO3)C[C@@H](OCCCCO)O1. The van der Waals surface area contributed by atoms with Crippen LogP contribution in [-0.2, 0) is 14.3 Å². The molecule has 0 radical (unpaired) electrons. The third kappa shape index (κ3) is 5.10. The average molecular weight is 426 g/mol. The molecule has 2 aromatic carbocycles. The molecule has 0 fully saturated rings. The number of aliphatic hydroxyl groups excluding tert-OH is 1. The predicted octanol–water partition coefficient (Wildman–Crippen LogP) is 3.14. The second-order valence-corrected chi connectivity index (χ2v) is 7.38. The van der Waals surface area contributed by atoms with Crippen molar-refractivity contribution in [2.45, 2.75) is 31.5 Å². The van der Waals surface area contributed by atoms with Crippen molar-refractivity contribution in [1.82, 2.24) is 0 Å². The van der Waals surface area contributed by atoms with Crippen molar-refractivity contribution in [3.05, 3.63) is 59.9 Å². The largest absolute Gasteiger partial charge is 0.459 e. The van der Waals surface area contributed by atoms with Gasteiger partial charge in [-0.3, -0.25) is 4.79 Å². The van der Waals surface area contributed by atoms with Crippen LogP contribution in [0.15, 0.2) is 54.3 Å². The van der Waals surface area contributed by atoms with E-state index in [1.165, 1.54) is 0 Å². The van der Waals surface area contributed by atoms with Crippen LogP contribution < -0.4 is 20.5 Å². The van der Waals surface area contributed by atoms with Gasteiger partial charge < -0.3 is 35.1 Å². The zero-order valence-electron chi connectivity index (χ0n) is 17.1. The van der Waals surface area contributed by atoms with Crippen molar-refractivity contribution >= 4 is 17.3 Å². The Morgan fingerprint density at radius 3 is 2.84 bits per heavy atom. The Morgan fingerprint density at radius 1 is 1.16 bits per heavy atom. The fraction of sp³-hybridized carbons (Fsp3) is 0.348. The molecule has 2 atom stereocenters. The molecule has 0 saturated heterocycles. The van der Waals surface area contributed by atoms with Gasteiger partial charge in [-0.05, 0) is 48.7 Å². The van der Waals surface area contributed by atoms with Crippen LogP contribution in [0.2, 0.25) is 0 Å². The summed E-state index contributed by atoms with van der Waals surface area (Å²) in [6.45, 7) is 0.742. The molecule has 164 valence electrons. The quantitative estimate of drug-likeness (QED) is 0.439. The van der Waals surface area contributed by atoms with Gasteiger partial charge in [-0.1, -0.05) is 18.2 Å². The lowest BCUT2D eigenvalue weighted by molar-refractivity contribution is -0.143. The van der Waals surface area contributed by atoms with Crippen LogP contribution in [0, 0.1) is 0 Å². The van der Waals surface area contributed by atoms with Gasteiger partial charge in [-0.15, -0.1) is 0 Å². The molecule has 0 bridgehead atoms. The van der Waals surface area contributed by atoms with Gasteiger partial charge >= 0.3 is 0 Å². The van der Waals surface area contributed by atoms with Crippen molar-refractivity contribution in [2.75, 3.05) is 31.1 Å². The lowest BCUT2D eigenvalue weighted by atomic mass is 9.92. The molecule has 0 spiro atoms. The molecular weight excluding hydrogens is 400 g/mol. The smallest absolute Gasteiger partial charge is 0.290 e. The number of para-hydroxylation sites is 2. The maximum absolute atomic E-state index is 12.9. The minimum Gasteiger partial charge on any atom is -0.459 e. The monoisotopic (exact) mass is 426 g/mol. The second-order valence-electron chi connectivity index (χ2n) is 7.38. The summed E-state index contributed by atoms with van der Waals surface area (Å²) >= 11 is 0. The summed E-state index contributed by atoms with van der Waals surface area (Å²) in [5, 5.41) is 11.8. The topological polar surface area (TPSA) is 112 Å². The van der Waals surface area contributed by atoms with E-state index in [2.05, 4.69) is 5.32 Å². The number of hydrogen-bond acceptors (Lipinski definition) is 7. The third-order valence-corrected chi connectivity index (χ3v) is 5.17. The number of anilines is 2. The van der Waals surface area contributed by atoms with Gasteiger partial charge in [0.05, 0.1) is 18.0 Å². The van der Waals surface area contributed by atoms with E-state index in [0.29, 0.717) is 48.7 Å². The summed E-state index contributed by atoms with van der Waals surface area (Å²) in [5.41, 5.74) is 7.90. The normalized spacial score (nSPS) is 19.5. The molecule has 2 aliphatic heterocycles. The summed E-state index contributed by atoms with van der Waals surface area (Å²) in [4.78, 5) is 12.9. The molecule has 0 saturated carbocycles. The Balaban J connectivity index is 1.54. The highest BCUT2D eigenvalue weighted by Gasteiger charge is 2.30. The number of ether oxygens (including phenoxy) is 4. The first-order valence-corrected chi connectivity index (χ1v) is 10.3. The van der Waals surface area contributed by atoms with E-state index < -0.39 is 12.2 Å². The molecule has 4 rings (SSSR count). The number of nitrogens with one attached hydrogen (secondary N) is 1. The Bertz CT molecular complexity index is 961. The second kappa shape index (κ2) is 9.72. The van der Waals surface area contributed by atoms with E-state index in [9.17, 15) is 4.79 Å². The van der Waals surface area contributed by atoms with Crippen LogP contribution in [0.3, 0.4) is 0 Å². The number of nitrogen functional groups attached to an aromatic ring is 1. The molecule has 2 heterocycles. The van der Waals surface area contributed by atoms with E-state index in [-0.39, 0.29) is 25.1 Å². The van der Waals surface area contributed by atoms with Gasteiger partial charge in [-0.2, -0.15) is 0 Å². The maximum Gasteiger partial charge on any atom is 0.290 e. The summed E-state index contributed by atoms with van der Waals surface area (Å²) in [7, 11) is 0. The molecular formula is C23H26N2O6. The average Bonchev–Trinajstić information content (AvgIpc) is 3.26. The van der Waals surface area contributed by atoms with Gasteiger partial charge in [0.1, 0.15) is 0 Å². The van der Waals surface area contributed by atoms with E-state index in [4.69, 9.17) is 29.8 Å². The lowest BCUT2D eigenvalue weighted by Crippen LogP contribution is -2.29. The number of fused-ring (bicyclic) bond motifs is 1. The number of aliphatic hydroxyl groups is 1. The molecule has 1 amide bonds.